The zero-order chi connectivity index (χ0) is 11.3. The Hall–Kier alpha value is -0.810. The number of rotatable bonds is 4. The van der Waals surface area contributed by atoms with Gasteiger partial charge in [-0.15, -0.1) is 0 Å². The molecule has 3 N–H and O–H groups in total. The van der Waals surface area contributed by atoms with E-state index in [4.69, 9.17) is 32.7 Å². The standard InChI is InChI=1S/C10H10Cl2O3.H3N/c1-2-14-10(11,12)9(13)15-8-6-4-3-5-7-8;/h3-7H,2H2,1H3;1H3. The van der Waals surface area contributed by atoms with Gasteiger partial charge in [0.2, 0.25) is 0 Å². The lowest BCUT2D eigenvalue weighted by Gasteiger charge is -2.16. The van der Waals surface area contributed by atoms with E-state index >= 15 is 0 Å². The SMILES string of the molecule is CCOC(Cl)(Cl)C(=O)Oc1ccccc1.N. The van der Waals surface area contributed by atoms with E-state index in [1.54, 1.807) is 37.3 Å². The van der Waals surface area contributed by atoms with Crippen molar-refractivity contribution in [1.82, 2.24) is 6.15 Å². The molecule has 0 fully saturated rings. The number of carbonyl (C=O) groups excluding carboxylic acids is 1. The van der Waals surface area contributed by atoms with Crippen molar-refractivity contribution in [3.63, 3.8) is 0 Å². The predicted molar refractivity (Wildman–Crippen MR) is 63.2 cm³/mol. The van der Waals surface area contributed by atoms with E-state index in [1.807, 2.05) is 0 Å². The van der Waals surface area contributed by atoms with Crippen molar-refractivity contribution < 1.29 is 14.3 Å². The third-order valence-corrected chi connectivity index (χ3v) is 2.04. The lowest BCUT2D eigenvalue weighted by atomic mass is 10.3. The highest BCUT2D eigenvalue weighted by Crippen LogP contribution is 2.25. The van der Waals surface area contributed by atoms with Gasteiger partial charge < -0.3 is 15.6 Å². The summed E-state index contributed by atoms with van der Waals surface area (Å²) in [7, 11) is 0. The number of esters is 1. The summed E-state index contributed by atoms with van der Waals surface area (Å²) in [6.07, 6.45) is 0. The van der Waals surface area contributed by atoms with Crippen molar-refractivity contribution in [3.8, 4) is 5.75 Å². The van der Waals surface area contributed by atoms with Crippen LogP contribution in [0.3, 0.4) is 0 Å². The van der Waals surface area contributed by atoms with Crippen molar-refractivity contribution >= 4 is 29.2 Å². The van der Waals surface area contributed by atoms with Crippen LogP contribution in [0.15, 0.2) is 30.3 Å². The normalized spacial score (nSPS) is 10.4. The molecule has 0 unspecified atom stereocenters. The molecule has 0 atom stereocenters. The molecule has 0 amide bonds. The molecule has 6 heteroatoms. The zero-order valence-electron chi connectivity index (χ0n) is 8.78. The van der Waals surface area contributed by atoms with E-state index in [2.05, 4.69) is 0 Å². The van der Waals surface area contributed by atoms with Gasteiger partial charge in [0, 0.05) is 6.61 Å². The summed E-state index contributed by atoms with van der Waals surface area (Å²) in [5.74, 6) is -0.480. The van der Waals surface area contributed by atoms with Crippen LogP contribution in [0.2, 0.25) is 0 Å². The van der Waals surface area contributed by atoms with Crippen LogP contribution in [0, 0.1) is 0 Å². The van der Waals surface area contributed by atoms with Crippen LogP contribution in [-0.2, 0) is 9.53 Å². The number of hydrogen-bond donors (Lipinski definition) is 1. The predicted octanol–water partition coefficient (Wildman–Crippen LogP) is 2.92. The average molecular weight is 266 g/mol. The van der Waals surface area contributed by atoms with Crippen molar-refractivity contribution in [2.24, 2.45) is 0 Å². The molecule has 0 aliphatic heterocycles. The van der Waals surface area contributed by atoms with Gasteiger partial charge >= 0.3 is 10.5 Å². The van der Waals surface area contributed by atoms with Gasteiger partial charge in [0.05, 0.1) is 0 Å². The first kappa shape index (κ1) is 15.2. The molecular formula is C10H13Cl2NO3. The molecule has 0 bridgehead atoms. The first-order chi connectivity index (χ1) is 7.06. The third-order valence-electron chi connectivity index (χ3n) is 1.52. The van der Waals surface area contributed by atoms with E-state index in [0.29, 0.717) is 5.75 Å². The molecule has 0 heterocycles. The maximum Gasteiger partial charge on any atom is 0.376 e. The Bertz CT molecular complexity index is 330. The van der Waals surface area contributed by atoms with Crippen LogP contribution < -0.4 is 10.9 Å². The summed E-state index contributed by atoms with van der Waals surface area (Å²) in [6, 6.07) is 8.50. The number of hydrogen-bond acceptors (Lipinski definition) is 4. The van der Waals surface area contributed by atoms with Crippen LogP contribution in [0.25, 0.3) is 0 Å². The molecular weight excluding hydrogens is 253 g/mol. The van der Waals surface area contributed by atoms with E-state index in [1.165, 1.54) is 0 Å². The first-order valence-corrected chi connectivity index (χ1v) is 5.11. The van der Waals surface area contributed by atoms with Gasteiger partial charge in [0.15, 0.2) is 0 Å². The molecule has 0 aliphatic carbocycles. The van der Waals surface area contributed by atoms with Crippen molar-refractivity contribution in [3.05, 3.63) is 30.3 Å². The minimum absolute atomic E-state index is 0. The summed E-state index contributed by atoms with van der Waals surface area (Å²) in [5.41, 5.74) is 0. The molecule has 16 heavy (non-hydrogen) atoms. The lowest BCUT2D eigenvalue weighted by Crippen LogP contribution is -2.33. The van der Waals surface area contributed by atoms with Gasteiger partial charge in [-0.2, -0.15) is 0 Å². The summed E-state index contributed by atoms with van der Waals surface area (Å²) in [5, 5.41) is 0. The second kappa shape index (κ2) is 6.70. The van der Waals surface area contributed by atoms with Crippen molar-refractivity contribution in [2.75, 3.05) is 6.61 Å². The number of ether oxygens (including phenoxy) is 2. The van der Waals surface area contributed by atoms with Crippen LogP contribution in [-0.4, -0.2) is 17.1 Å². The molecule has 4 nitrogen and oxygen atoms in total. The highest BCUT2D eigenvalue weighted by atomic mass is 35.5. The number of benzene rings is 1. The van der Waals surface area contributed by atoms with Gasteiger partial charge in [0.25, 0.3) is 0 Å². The summed E-state index contributed by atoms with van der Waals surface area (Å²) >= 11 is 11.2. The number of alkyl halides is 2. The highest BCUT2D eigenvalue weighted by Gasteiger charge is 2.36. The summed E-state index contributed by atoms with van der Waals surface area (Å²) in [6.45, 7) is 1.90. The average Bonchev–Trinajstić information content (AvgIpc) is 2.19. The molecule has 1 aromatic carbocycles. The molecule has 0 spiro atoms. The fourth-order valence-electron chi connectivity index (χ4n) is 0.895. The Balaban J connectivity index is 0.00000225. The van der Waals surface area contributed by atoms with Gasteiger partial charge in [0.1, 0.15) is 5.75 Å². The van der Waals surface area contributed by atoms with Crippen LogP contribution in [0.5, 0.6) is 5.75 Å². The molecule has 1 aromatic rings. The summed E-state index contributed by atoms with van der Waals surface area (Å²) in [4.78, 5) is 11.4. The molecule has 90 valence electrons. The van der Waals surface area contributed by atoms with Crippen molar-refractivity contribution in [1.29, 1.82) is 0 Å². The molecule has 0 radical (unpaired) electrons. The minimum Gasteiger partial charge on any atom is -0.422 e. The minimum atomic E-state index is -1.95. The quantitative estimate of drug-likeness (QED) is 0.516. The molecule has 0 saturated heterocycles. The fraction of sp³-hybridized carbons (Fsp3) is 0.300. The van der Waals surface area contributed by atoms with Gasteiger partial charge in [-0.3, -0.25) is 0 Å². The smallest absolute Gasteiger partial charge is 0.376 e. The van der Waals surface area contributed by atoms with E-state index in [0.717, 1.165) is 0 Å². The largest absolute Gasteiger partial charge is 0.422 e. The third kappa shape index (κ3) is 4.37. The first-order valence-electron chi connectivity index (χ1n) is 4.35. The molecule has 0 aromatic heterocycles. The van der Waals surface area contributed by atoms with E-state index in [9.17, 15) is 4.79 Å². The molecule has 0 aliphatic rings. The Morgan fingerprint density at radius 1 is 1.31 bits per heavy atom. The number of para-hydroxylation sites is 1. The zero-order valence-corrected chi connectivity index (χ0v) is 10.3. The van der Waals surface area contributed by atoms with E-state index in [-0.39, 0.29) is 12.8 Å². The fourth-order valence-corrected chi connectivity index (χ4v) is 1.19. The van der Waals surface area contributed by atoms with Crippen LogP contribution in [0.1, 0.15) is 6.92 Å². The second-order valence-corrected chi connectivity index (χ2v) is 3.91. The monoisotopic (exact) mass is 265 g/mol. The van der Waals surface area contributed by atoms with Crippen molar-refractivity contribution in [2.45, 2.75) is 11.4 Å². The Labute approximate surface area is 104 Å². The molecule has 1 rings (SSSR count). The second-order valence-electron chi connectivity index (χ2n) is 2.65. The van der Waals surface area contributed by atoms with Gasteiger partial charge in [-0.1, -0.05) is 41.4 Å². The number of carbonyl (C=O) groups is 1. The van der Waals surface area contributed by atoms with Gasteiger partial charge in [-0.25, -0.2) is 4.79 Å². The maximum absolute atomic E-state index is 11.4. The Morgan fingerprint density at radius 3 is 2.38 bits per heavy atom. The Morgan fingerprint density at radius 2 is 1.88 bits per heavy atom. The maximum atomic E-state index is 11.4. The van der Waals surface area contributed by atoms with Crippen LogP contribution in [0.4, 0.5) is 0 Å². The van der Waals surface area contributed by atoms with Gasteiger partial charge in [-0.05, 0) is 19.1 Å². The van der Waals surface area contributed by atoms with E-state index < -0.39 is 10.5 Å². The highest BCUT2D eigenvalue weighted by molar-refractivity contribution is 6.56. The number of halogens is 2. The summed E-state index contributed by atoms with van der Waals surface area (Å²) < 4.78 is 7.77. The topological polar surface area (TPSA) is 70.5 Å². The molecule has 0 saturated carbocycles. The Kier molecular flexibility index (Phi) is 6.36. The lowest BCUT2D eigenvalue weighted by molar-refractivity contribution is -0.144. The van der Waals surface area contributed by atoms with Crippen LogP contribution >= 0.6 is 23.2 Å².